The molecule has 1 aromatic rings. The van der Waals surface area contributed by atoms with Crippen LogP contribution in [0.25, 0.3) is 0 Å². The molecule has 1 aromatic carbocycles. The van der Waals surface area contributed by atoms with Crippen LogP contribution in [-0.4, -0.2) is 54.4 Å². The summed E-state index contributed by atoms with van der Waals surface area (Å²) in [5, 5.41) is 12.2. The van der Waals surface area contributed by atoms with Crippen LogP contribution < -0.4 is 10.1 Å². The second kappa shape index (κ2) is 8.34. The van der Waals surface area contributed by atoms with E-state index in [-0.39, 0.29) is 30.9 Å². The van der Waals surface area contributed by atoms with Gasteiger partial charge in [-0.25, -0.2) is 0 Å². The van der Waals surface area contributed by atoms with Crippen molar-refractivity contribution in [3.8, 4) is 5.75 Å². The Bertz CT molecular complexity index is 544. The Morgan fingerprint density at radius 3 is 2.71 bits per heavy atom. The number of carbonyl (C=O) groups is 1. The fraction of sp³-hybridized carbons (Fsp3) is 0.562. The monoisotopic (exact) mass is 346 g/mol. The quantitative estimate of drug-likeness (QED) is 0.823. The standard InChI is InChI=1S/C16H21F3N2O3/c17-16(18,19)11-24-14-3-1-2-12(8-14)9-20-15(23)10-21-6-4-13(22)5-7-21/h1-3,8,13,22H,4-7,9-11H2,(H,20,23). The van der Waals surface area contributed by atoms with Gasteiger partial charge in [0, 0.05) is 19.6 Å². The average molecular weight is 346 g/mol. The van der Waals surface area contributed by atoms with Gasteiger partial charge in [0.25, 0.3) is 0 Å². The number of nitrogens with zero attached hydrogens (tertiary/aromatic N) is 1. The highest BCUT2D eigenvalue weighted by molar-refractivity contribution is 5.78. The fourth-order valence-electron chi connectivity index (χ4n) is 2.45. The lowest BCUT2D eigenvalue weighted by atomic mass is 10.1. The van der Waals surface area contributed by atoms with Crippen LogP contribution in [0, 0.1) is 0 Å². The van der Waals surface area contributed by atoms with E-state index < -0.39 is 12.8 Å². The smallest absolute Gasteiger partial charge is 0.422 e. The summed E-state index contributed by atoms with van der Waals surface area (Å²) in [6.07, 6.45) is -3.35. The second-order valence-electron chi connectivity index (χ2n) is 5.84. The van der Waals surface area contributed by atoms with E-state index in [9.17, 15) is 23.1 Å². The van der Waals surface area contributed by atoms with Gasteiger partial charge in [0.2, 0.25) is 5.91 Å². The molecule has 1 aliphatic heterocycles. The summed E-state index contributed by atoms with van der Waals surface area (Å²) in [4.78, 5) is 13.9. The minimum atomic E-state index is -4.38. The van der Waals surface area contributed by atoms with Gasteiger partial charge in [-0.3, -0.25) is 9.69 Å². The van der Waals surface area contributed by atoms with E-state index in [1.165, 1.54) is 12.1 Å². The van der Waals surface area contributed by atoms with Crippen LogP contribution in [0.1, 0.15) is 18.4 Å². The first-order valence-corrected chi connectivity index (χ1v) is 7.77. The molecule has 0 aromatic heterocycles. The third-order valence-corrected chi connectivity index (χ3v) is 3.71. The number of carbonyl (C=O) groups excluding carboxylic acids is 1. The van der Waals surface area contributed by atoms with Crippen LogP contribution in [0.2, 0.25) is 0 Å². The van der Waals surface area contributed by atoms with Gasteiger partial charge in [-0.05, 0) is 30.5 Å². The Balaban J connectivity index is 1.76. The van der Waals surface area contributed by atoms with Crippen molar-refractivity contribution in [1.29, 1.82) is 0 Å². The lowest BCUT2D eigenvalue weighted by Gasteiger charge is -2.28. The van der Waals surface area contributed by atoms with E-state index in [1.54, 1.807) is 12.1 Å². The van der Waals surface area contributed by atoms with E-state index in [2.05, 4.69) is 10.1 Å². The zero-order valence-corrected chi connectivity index (χ0v) is 13.2. The van der Waals surface area contributed by atoms with Crippen LogP contribution in [0.4, 0.5) is 13.2 Å². The lowest BCUT2D eigenvalue weighted by Crippen LogP contribution is -2.42. The van der Waals surface area contributed by atoms with Gasteiger partial charge in [0.15, 0.2) is 6.61 Å². The summed E-state index contributed by atoms with van der Waals surface area (Å²) in [6, 6.07) is 6.20. The highest BCUT2D eigenvalue weighted by atomic mass is 19.4. The van der Waals surface area contributed by atoms with Crippen molar-refractivity contribution in [2.24, 2.45) is 0 Å². The molecule has 0 aliphatic carbocycles. The van der Waals surface area contributed by atoms with Gasteiger partial charge >= 0.3 is 6.18 Å². The number of likely N-dealkylation sites (tertiary alicyclic amines) is 1. The number of nitrogens with one attached hydrogen (secondary N) is 1. The summed E-state index contributed by atoms with van der Waals surface area (Å²) in [7, 11) is 0. The number of rotatable bonds is 6. The number of aliphatic hydroxyl groups is 1. The first kappa shape index (κ1) is 18.5. The summed E-state index contributed by atoms with van der Waals surface area (Å²) in [6.45, 7) is 0.476. The number of aliphatic hydroxyl groups excluding tert-OH is 1. The number of amides is 1. The van der Waals surface area contributed by atoms with Gasteiger partial charge in [-0.15, -0.1) is 0 Å². The molecule has 1 saturated heterocycles. The van der Waals surface area contributed by atoms with Crippen molar-refractivity contribution in [2.75, 3.05) is 26.2 Å². The maximum Gasteiger partial charge on any atom is 0.422 e. The van der Waals surface area contributed by atoms with Gasteiger partial charge in [-0.2, -0.15) is 13.2 Å². The molecule has 5 nitrogen and oxygen atoms in total. The molecule has 1 amide bonds. The summed E-state index contributed by atoms with van der Waals surface area (Å²) >= 11 is 0. The van der Waals surface area contributed by atoms with Crippen LogP contribution >= 0.6 is 0 Å². The Kier molecular flexibility index (Phi) is 6.44. The number of ether oxygens (including phenoxy) is 1. The van der Waals surface area contributed by atoms with Crippen LogP contribution in [-0.2, 0) is 11.3 Å². The third-order valence-electron chi connectivity index (χ3n) is 3.71. The van der Waals surface area contributed by atoms with Crippen molar-refractivity contribution in [2.45, 2.75) is 31.7 Å². The number of hydrogen-bond donors (Lipinski definition) is 2. The average Bonchev–Trinajstić information content (AvgIpc) is 2.53. The van der Waals surface area contributed by atoms with Gasteiger partial charge in [0.05, 0.1) is 12.6 Å². The number of alkyl halides is 3. The van der Waals surface area contributed by atoms with Crippen LogP contribution in [0.5, 0.6) is 5.75 Å². The molecular formula is C16H21F3N2O3. The van der Waals surface area contributed by atoms with E-state index >= 15 is 0 Å². The largest absolute Gasteiger partial charge is 0.484 e. The minimum Gasteiger partial charge on any atom is -0.484 e. The van der Waals surface area contributed by atoms with Crippen LogP contribution in [0.3, 0.4) is 0 Å². The molecule has 0 radical (unpaired) electrons. The zero-order valence-electron chi connectivity index (χ0n) is 13.2. The molecule has 8 heteroatoms. The Hall–Kier alpha value is -1.80. The number of hydrogen-bond acceptors (Lipinski definition) is 4. The number of halogens is 3. The van der Waals surface area contributed by atoms with Crippen molar-refractivity contribution in [3.63, 3.8) is 0 Å². The zero-order chi connectivity index (χ0) is 17.6. The third kappa shape index (κ3) is 6.76. The van der Waals surface area contributed by atoms with Gasteiger partial charge < -0.3 is 15.2 Å². The molecule has 0 saturated carbocycles. The first-order chi connectivity index (χ1) is 11.3. The van der Waals surface area contributed by atoms with Crippen molar-refractivity contribution < 1.29 is 27.8 Å². The Morgan fingerprint density at radius 1 is 1.33 bits per heavy atom. The summed E-state index contributed by atoms with van der Waals surface area (Å²) < 4.78 is 41.1. The molecule has 2 N–H and O–H groups in total. The summed E-state index contributed by atoms with van der Waals surface area (Å²) in [5.41, 5.74) is 0.664. The highest BCUT2D eigenvalue weighted by Crippen LogP contribution is 2.19. The minimum absolute atomic E-state index is 0.115. The topological polar surface area (TPSA) is 61.8 Å². The van der Waals surface area contributed by atoms with Crippen molar-refractivity contribution in [3.05, 3.63) is 29.8 Å². The molecule has 24 heavy (non-hydrogen) atoms. The van der Waals surface area contributed by atoms with E-state index in [1.807, 2.05) is 4.90 Å². The predicted octanol–water partition coefficient (Wildman–Crippen LogP) is 1.70. The molecular weight excluding hydrogens is 325 g/mol. The molecule has 1 aliphatic rings. The maximum absolute atomic E-state index is 12.1. The Labute approximate surface area is 138 Å². The van der Waals surface area contributed by atoms with E-state index in [0.717, 1.165) is 0 Å². The SMILES string of the molecule is O=C(CN1CCC(O)CC1)NCc1cccc(OCC(F)(F)F)c1. The normalized spacial score (nSPS) is 16.8. The fourth-order valence-corrected chi connectivity index (χ4v) is 2.45. The van der Waals surface area contributed by atoms with Crippen LogP contribution in [0.15, 0.2) is 24.3 Å². The molecule has 0 spiro atoms. The molecule has 134 valence electrons. The number of piperidine rings is 1. The molecule has 0 unspecified atom stereocenters. The van der Waals surface area contributed by atoms with Gasteiger partial charge in [0.1, 0.15) is 5.75 Å². The molecule has 1 heterocycles. The van der Waals surface area contributed by atoms with E-state index in [0.29, 0.717) is 31.5 Å². The highest BCUT2D eigenvalue weighted by Gasteiger charge is 2.28. The molecule has 0 atom stereocenters. The van der Waals surface area contributed by atoms with Crippen molar-refractivity contribution >= 4 is 5.91 Å². The summed E-state index contributed by atoms with van der Waals surface area (Å²) in [5.74, 6) is -0.0444. The second-order valence-corrected chi connectivity index (χ2v) is 5.84. The Morgan fingerprint density at radius 2 is 2.04 bits per heavy atom. The van der Waals surface area contributed by atoms with E-state index in [4.69, 9.17) is 0 Å². The molecule has 1 fully saturated rings. The molecule has 0 bridgehead atoms. The van der Waals surface area contributed by atoms with Crippen molar-refractivity contribution in [1.82, 2.24) is 10.2 Å². The molecule has 2 rings (SSSR count). The predicted molar refractivity (Wildman–Crippen MR) is 81.5 cm³/mol. The van der Waals surface area contributed by atoms with Gasteiger partial charge in [-0.1, -0.05) is 12.1 Å². The maximum atomic E-state index is 12.1. The number of benzene rings is 1. The lowest BCUT2D eigenvalue weighted by molar-refractivity contribution is -0.153. The first-order valence-electron chi connectivity index (χ1n) is 7.77.